The summed E-state index contributed by atoms with van der Waals surface area (Å²) in [4.78, 5) is 4.00. The Bertz CT molecular complexity index is 567. The van der Waals surface area contributed by atoms with Gasteiger partial charge >= 0.3 is 0 Å². The molecule has 2 rings (SSSR count). The van der Waals surface area contributed by atoms with Crippen molar-refractivity contribution in [1.82, 2.24) is 4.98 Å². The fourth-order valence-corrected chi connectivity index (χ4v) is 1.74. The Morgan fingerprint density at radius 1 is 1.11 bits per heavy atom. The summed E-state index contributed by atoms with van der Waals surface area (Å²) in [6.45, 7) is 3.32. The Labute approximate surface area is 104 Å². The van der Waals surface area contributed by atoms with Crippen LogP contribution in [0.5, 0.6) is 0 Å². The van der Waals surface area contributed by atoms with Gasteiger partial charge in [-0.05, 0) is 31.5 Å². The van der Waals surface area contributed by atoms with Gasteiger partial charge in [-0.2, -0.15) is 0 Å². The summed E-state index contributed by atoms with van der Waals surface area (Å²) in [5.41, 5.74) is 1.10. The van der Waals surface area contributed by atoms with E-state index in [0.29, 0.717) is 11.1 Å². The molecule has 1 N–H and O–H groups in total. The van der Waals surface area contributed by atoms with Crippen LogP contribution >= 0.6 is 0 Å². The Morgan fingerprint density at radius 2 is 1.83 bits per heavy atom. The highest BCUT2D eigenvalue weighted by Crippen LogP contribution is 2.28. The van der Waals surface area contributed by atoms with E-state index in [1.807, 2.05) is 0 Å². The van der Waals surface area contributed by atoms with Crippen LogP contribution in [0.1, 0.15) is 28.5 Å². The molecule has 0 radical (unpaired) electrons. The van der Waals surface area contributed by atoms with Crippen molar-refractivity contribution in [2.75, 3.05) is 0 Å². The van der Waals surface area contributed by atoms with Crippen LogP contribution in [0.2, 0.25) is 0 Å². The van der Waals surface area contributed by atoms with Gasteiger partial charge in [-0.25, -0.2) is 8.78 Å². The van der Waals surface area contributed by atoms with Crippen molar-refractivity contribution in [2.24, 2.45) is 0 Å². The molecule has 4 heteroatoms. The first-order chi connectivity index (χ1) is 8.50. The summed E-state index contributed by atoms with van der Waals surface area (Å²) in [5, 5.41) is 10.0. The third-order valence-corrected chi connectivity index (χ3v) is 2.84. The number of hydrogen-bond donors (Lipinski definition) is 1. The number of aliphatic hydroxyl groups excluding tert-OH is 1. The van der Waals surface area contributed by atoms with E-state index < -0.39 is 17.7 Å². The Hall–Kier alpha value is -1.81. The van der Waals surface area contributed by atoms with Gasteiger partial charge in [0.15, 0.2) is 0 Å². The average molecular weight is 249 g/mol. The van der Waals surface area contributed by atoms with Crippen LogP contribution in [0.4, 0.5) is 8.78 Å². The standard InChI is InChI=1S/C14H13F2NO/c1-8-3-6-11(15)12(13(8)16)14(18)10-5-4-9(2)17-7-10/h3-7,14,18H,1-2H3. The normalized spacial score (nSPS) is 12.5. The van der Waals surface area contributed by atoms with Crippen LogP contribution in [0.15, 0.2) is 30.5 Å². The molecule has 18 heavy (non-hydrogen) atoms. The summed E-state index contributed by atoms with van der Waals surface area (Å²) in [5.74, 6) is -1.48. The number of nitrogens with zero attached hydrogens (tertiary/aromatic N) is 1. The topological polar surface area (TPSA) is 33.1 Å². The van der Waals surface area contributed by atoms with Crippen molar-refractivity contribution in [1.29, 1.82) is 0 Å². The van der Waals surface area contributed by atoms with E-state index in [1.54, 1.807) is 19.1 Å². The lowest BCUT2D eigenvalue weighted by atomic mass is 9.99. The number of pyridine rings is 1. The van der Waals surface area contributed by atoms with Crippen molar-refractivity contribution in [2.45, 2.75) is 20.0 Å². The number of aliphatic hydroxyl groups is 1. The fourth-order valence-electron chi connectivity index (χ4n) is 1.74. The first-order valence-corrected chi connectivity index (χ1v) is 5.56. The molecule has 0 aliphatic carbocycles. The fraction of sp³-hybridized carbons (Fsp3) is 0.214. The summed E-state index contributed by atoms with van der Waals surface area (Å²) in [7, 11) is 0. The number of rotatable bonds is 2. The molecule has 1 heterocycles. The Morgan fingerprint density at radius 3 is 2.44 bits per heavy atom. The van der Waals surface area contributed by atoms with Crippen molar-refractivity contribution < 1.29 is 13.9 Å². The highest BCUT2D eigenvalue weighted by atomic mass is 19.1. The Balaban J connectivity index is 2.49. The van der Waals surface area contributed by atoms with Crippen molar-refractivity contribution >= 4 is 0 Å². The monoisotopic (exact) mass is 249 g/mol. The van der Waals surface area contributed by atoms with E-state index in [-0.39, 0.29) is 5.56 Å². The molecule has 0 amide bonds. The number of aromatic nitrogens is 1. The number of benzene rings is 1. The van der Waals surface area contributed by atoms with E-state index in [2.05, 4.69) is 4.98 Å². The third-order valence-electron chi connectivity index (χ3n) is 2.84. The first-order valence-electron chi connectivity index (χ1n) is 5.56. The molecule has 0 saturated heterocycles. The maximum Gasteiger partial charge on any atom is 0.135 e. The summed E-state index contributed by atoms with van der Waals surface area (Å²) in [6.07, 6.45) is 0.0688. The molecule has 2 nitrogen and oxygen atoms in total. The quantitative estimate of drug-likeness (QED) is 0.887. The third kappa shape index (κ3) is 2.24. The summed E-state index contributed by atoms with van der Waals surface area (Å²) < 4.78 is 27.5. The van der Waals surface area contributed by atoms with Gasteiger partial charge in [-0.3, -0.25) is 4.98 Å². The van der Waals surface area contributed by atoms with Gasteiger partial charge in [0.05, 0.1) is 5.56 Å². The largest absolute Gasteiger partial charge is 0.383 e. The van der Waals surface area contributed by atoms with Crippen molar-refractivity contribution in [3.63, 3.8) is 0 Å². The zero-order valence-corrected chi connectivity index (χ0v) is 10.1. The van der Waals surface area contributed by atoms with Crippen LogP contribution in [-0.4, -0.2) is 10.1 Å². The molecule has 0 fully saturated rings. The second kappa shape index (κ2) is 4.82. The molecule has 0 saturated carbocycles. The highest BCUT2D eigenvalue weighted by molar-refractivity contribution is 5.34. The number of halogens is 2. The molecular formula is C14H13F2NO. The van der Waals surface area contributed by atoms with E-state index in [0.717, 1.165) is 11.8 Å². The van der Waals surface area contributed by atoms with Gasteiger partial charge in [-0.1, -0.05) is 12.1 Å². The van der Waals surface area contributed by atoms with Crippen LogP contribution in [0, 0.1) is 25.5 Å². The summed E-state index contributed by atoms with van der Waals surface area (Å²) >= 11 is 0. The highest BCUT2D eigenvalue weighted by Gasteiger charge is 2.21. The van der Waals surface area contributed by atoms with E-state index in [4.69, 9.17) is 0 Å². The average Bonchev–Trinajstić information content (AvgIpc) is 2.35. The number of aryl methyl sites for hydroxylation is 2. The molecule has 0 bridgehead atoms. The molecule has 0 aliphatic heterocycles. The maximum absolute atomic E-state index is 13.9. The smallest absolute Gasteiger partial charge is 0.135 e. The zero-order chi connectivity index (χ0) is 13.3. The lowest BCUT2D eigenvalue weighted by molar-refractivity contribution is 0.208. The van der Waals surface area contributed by atoms with Crippen LogP contribution in [0.25, 0.3) is 0 Å². The van der Waals surface area contributed by atoms with Crippen LogP contribution in [-0.2, 0) is 0 Å². The van der Waals surface area contributed by atoms with Crippen LogP contribution < -0.4 is 0 Å². The van der Waals surface area contributed by atoms with E-state index >= 15 is 0 Å². The van der Waals surface area contributed by atoms with Crippen molar-refractivity contribution in [3.05, 3.63) is 64.5 Å². The maximum atomic E-state index is 13.9. The van der Waals surface area contributed by atoms with Gasteiger partial charge in [0, 0.05) is 17.5 Å². The molecule has 1 aromatic carbocycles. The number of hydrogen-bond acceptors (Lipinski definition) is 2. The molecule has 0 aliphatic rings. The minimum absolute atomic E-state index is 0.297. The molecule has 1 unspecified atom stereocenters. The zero-order valence-electron chi connectivity index (χ0n) is 10.1. The minimum atomic E-state index is -1.35. The molecule has 94 valence electrons. The molecule has 1 atom stereocenters. The molecule has 1 aromatic heterocycles. The molecule has 2 aromatic rings. The second-order valence-corrected chi connectivity index (χ2v) is 4.23. The van der Waals surface area contributed by atoms with E-state index in [1.165, 1.54) is 19.2 Å². The summed E-state index contributed by atoms with van der Waals surface area (Å²) in [6, 6.07) is 5.78. The SMILES string of the molecule is Cc1ccc(C(O)c2c(F)ccc(C)c2F)cn1. The lowest BCUT2D eigenvalue weighted by Crippen LogP contribution is -2.07. The van der Waals surface area contributed by atoms with Gasteiger partial charge in [-0.15, -0.1) is 0 Å². The minimum Gasteiger partial charge on any atom is -0.383 e. The Kier molecular flexibility index (Phi) is 3.39. The van der Waals surface area contributed by atoms with Gasteiger partial charge in [0.25, 0.3) is 0 Å². The predicted octanol–water partition coefficient (Wildman–Crippen LogP) is 3.06. The molecule has 0 spiro atoms. The van der Waals surface area contributed by atoms with Gasteiger partial charge < -0.3 is 5.11 Å². The molecular weight excluding hydrogens is 236 g/mol. The van der Waals surface area contributed by atoms with Crippen molar-refractivity contribution in [3.8, 4) is 0 Å². The second-order valence-electron chi connectivity index (χ2n) is 4.23. The van der Waals surface area contributed by atoms with E-state index in [9.17, 15) is 13.9 Å². The van der Waals surface area contributed by atoms with Crippen LogP contribution in [0.3, 0.4) is 0 Å². The van der Waals surface area contributed by atoms with Gasteiger partial charge in [0.1, 0.15) is 17.7 Å². The first kappa shape index (κ1) is 12.6. The van der Waals surface area contributed by atoms with Gasteiger partial charge in [0.2, 0.25) is 0 Å². The predicted molar refractivity (Wildman–Crippen MR) is 64.1 cm³/mol. The lowest BCUT2D eigenvalue weighted by Gasteiger charge is -2.14.